The molecule has 50 heavy (non-hydrogen) atoms. The molecule has 0 aromatic heterocycles. The molecule has 0 radical (unpaired) electrons. The molecule has 6 rings (SSSR count). The first-order chi connectivity index (χ1) is 24.1. The summed E-state index contributed by atoms with van der Waals surface area (Å²) in [6, 6.07) is 24.5. The number of cyclic esters (lactones) is 2. The van der Waals surface area contributed by atoms with Crippen molar-refractivity contribution < 1.29 is 51.3 Å². The summed E-state index contributed by atoms with van der Waals surface area (Å²) in [5.74, 6) is -7.26. The van der Waals surface area contributed by atoms with E-state index in [1.54, 1.807) is 0 Å². The van der Waals surface area contributed by atoms with Crippen LogP contribution < -0.4 is 0 Å². The Hall–Kier alpha value is -5.56. The smallest absolute Gasteiger partial charge is 0.417 e. The number of hydrogen-bond donors (Lipinski definition) is 1. The van der Waals surface area contributed by atoms with E-state index < -0.39 is 78.3 Å². The van der Waals surface area contributed by atoms with Gasteiger partial charge in [0.25, 0.3) is 0 Å². The average molecular weight is 693 g/mol. The van der Waals surface area contributed by atoms with E-state index in [1.165, 1.54) is 24.3 Å². The van der Waals surface area contributed by atoms with Gasteiger partial charge in [0.1, 0.15) is 13.2 Å². The van der Waals surface area contributed by atoms with Gasteiger partial charge in [0.05, 0.1) is 31.0 Å². The van der Waals surface area contributed by atoms with E-state index >= 15 is 0 Å². The lowest BCUT2D eigenvalue weighted by Gasteiger charge is -2.24. The highest BCUT2D eigenvalue weighted by atomic mass is 19.2. The summed E-state index contributed by atoms with van der Waals surface area (Å²) in [5, 5.41) is 9.60. The molecule has 0 saturated carbocycles. The van der Waals surface area contributed by atoms with Gasteiger partial charge in [-0.05, 0) is 36.1 Å². The molecule has 2 fully saturated rings. The van der Waals surface area contributed by atoms with Gasteiger partial charge in [0.2, 0.25) is 11.8 Å². The van der Waals surface area contributed by atoms with Gasteiger partial charge in [0, 0.05) is 11.1 Å². The van der Waals surface area contributed by atoms with Gasteiger partial charge < -0.3 is 14.6 Å². The van der Waals surface area contributed by atoms with E-state index in [0.29, 0.717) is 12.8 Å². The lowest BCUT2D eigenvalue weighted by molar-refractivity contribution is -0.132. The zero-order valence-electron chi connectivity index (χ0n) is 26.5. The molecule has 0 aliphatic carbocycles. The number of amides is 4. The Balaban J connectivity index is 0.000000195. The molecular formula is C37H32F4N2O7. The minimum Gasteiger partial charge on any atom is -0.447 e. The zero-order chi connectivity index (χ0) is 35.8. The van der Waals surface area contributed by atoms with E-state index in [9.17, 15) is 41.8 Å². The lowest BCUT2D eigenvalue weighted by Crippen LogP contribution is -2.43. The highest BCUT2D eigenvalue weighted by Gasteiger charge is 2.42. The van der Waals surface area contributed by atoms with E-state index in [4.69, 9.17) is 9.47 Å². The highest BCUT2D eigenvalue weighted by molar-refractivity contribution is 5.97. The maximum Gasteiger partial charge on any atom is 0.417 e. The van der Waals surface area contributed by atoms with Gasteiger partial charge in [-0.2, -0.15) is 0 Å². The summed E-state index contributed by atoms with van der Waals surface area (Å²) >= 11 is 0. The molecular weight excluding hydrogens is 660 g/mol. The Kier molecular flexibility index (Phi) is 11.6. The van der Waals surface area contributed by atoms with Crippen molar-refractivity contribution in [1.82, 2.24) is 9.80 Å². The number of halogens is 4. The molecule has 9 nitrogen and oxygen atoms in total. The van der Waals surface area contributed by atoms with Crippen LogP contribution >= 0.6 is 0 Å². The molecule has 4 amide bonds. The molecule has 260 valence electrons. The number of carbonyl (C=O) groups excluding carboxylic acids is 4. The number of aliphatic hydroxyl groups is 1. The van der Waals surface area contributed by atoms with E-state index in [0.717, 1.165) is 33.1 Å². The summed E-state index contributed by atoms with van der Waals surface area (Å²) in [4.78, 5) is 51.1. The van der Waals surface area contributed by atoms with Crippen molar-refractivity contribution in [3.8, 4) is 0 Å². The van der Waals surface area contributed by atoms with Crippen LogP contribution in [0.5, 0.6) is 0 Å². The van der Waals surface area contributed by atoms with E-state index in [2.05, 4.69) is 0 Å². The number of benzene rings is 4. The predicted molar refractivity (Wildman–Crippen MR) is 171 cm³/mol. The maximum atomic E-state index is 14.1. The molecule has 2 aliphatic rings. The minimum absolute atomic E-state index is 0.00322. The molecule has 13 heteroatoms. The maximum absolute atomic E-state index is 14.1. The van der Waals surface area contributed by atoms with Gasteiger partial charge in [-0.3, -0.25) is 9.59 Å². The third-order valence-corrected chi connectivity index (χ3v) is 8.27. The number of hydrogen-bond acceptors (Lipinski definition) is 7. The van der Waals surface area contributed by atoms with Crippen LogP contribution in [0.3, 0.4) is 0 Å². The molecule has 4 aromatic carbocycles. The molecule has 4 aromatic rings. The van der Waals surface area contributed by atoms with Crippen LogP contribution in [0.25, 0.3) is 0 Å². The van der Waals surface area contributed by atoms with Crippen LogP contribution in [0.15, 0.2) is 97.1 Å². The second-order valence-corrected chi connectivity index (χ2v) is 11.6. The Morgan fingerprint density at radius 2 is 1.18 bits per heavy atom. The second-order valence-electron chi connectivity index (χ2n) is 11.6. The summed E-state index contributed by atoms with van der Waals surface area (Å²) < 4.78 is 64.5. The first-order valence-corrected chi connectivity index (χ1v) is 15.6. The van der Waals surface area contributed by atoms with Crippen molar-refractivity contribution in [2.75, 3.05) is 19.8 Å². The predicted octanol–water partition coefficient (Wildman–Crippen LogP) is 5.73. The van der Waals surface area contributed by atoms with Crippen molar-refractivity contribution >= 4 is 24.0 Å². The van der Waals surface area contributed by atoms with Crippen molar-refractivity contribution in [3.05, 3.63) is 143 Å². The summed E-state index contributed by atoms with van der Waals surface area (Å²) in [5.41, 5.74) is 1.47. The quantitative estimate of drug-likeness (QED) is 0.223. The third kappa shape index (κ3) is 8.17. The standard InChI is InChI=1S/C19H17F2NO4.C18H15F2NO3/c20-16-8-4-7-14(17(16)21)15(10-23)18(24)22-13(11-26-19(22)25)9-12-5-2-1-3-6-12;19-15-8-4-7-13(17(15)20)10-16(22)21-14(11-24-18(21)23)9-12-5-2-1-3-6-12/h1-8,13,15,23H,9-11H2;1-8,14H,9-11H2/t13-,15-;14-/m11/s1. The van der Waals surface area contributed by atoms with E-state index in [-0.39, 0.29) is 24.3 Å². The third-order valence-electron chi connectivity index (χ3n) is 8.27. The van der Waals surface area contributed by atoms with Crippen LogP contribution in [0, 0.1) is 23.3 Å². The zero-order valence-corrected chi connectivity index (χ0v) is 26.5. The first kappa shape index (κ1) is 35.7. The fourth-order valence-corrected chi connectivity index (χ4v) is 5.77. The van der Waals surface area contributed by atoms with Crippen LogP contribution in [0.1, 0.15) is 28.2 Å². The number of nitrogens with zero attached hydrogens (tertiary/aromatic N) is 2. The largest absolute Gasteiger partial charge is 0.447 e. The van der Waals surface area contributed by atoms with Gasteiger partial charge >= 0.3 is 12.2 Å². The van der Waals surface area contributed by atoms with Gasteiger partial charge in [0.15, 0.2) is 23.3 Å². The summed E-state index contributed by atoms with van der Waals surface area (Å²) in [6.07, 6.45) is -1.19. The van der Waals surface area contributed by atoms with Crippen LogP contribution in [0.2, 0.25) is 0 Å². The molecule has 3 atom stereocenters. The minimum atomic E-state index is -1.39. The number of carbonyl (C=O) groups is 4. The van der Waals surface area contributed by atoms with E-state index in [1.807, 2.05) is 60.7 Å². The number of aliphatic hydroxyl groups excluding tert-OH is 1. The lowest BCUT2D eigenvalue weighted by atomic mass is 9.96. The van der Waals surface area contributed by atoms with Crippen molar-refractivity contribution in [2.24, 2.45) is 0 Å². The van der Waals surface area contributed by atoms with Gasteiger partial charge in [-0.15, -0.1) is 0 Å². The van der Waals surface area contributed by atoms with Gasteiger partial charge in [-0.1, -0.05) is 84.9 Å². The molecule has 0 unspecified atom stereocenters. The number of ether oxygens (including phenoxy) is 2. The van der Waals surface area contributed by atoms with Crippen LogP contribution in [0.4, 0.5) is 27.2 Å². The summed E-state index contributed by atoms with van der Waals surface area (Å²) in [6.45, 7) is -0.671. The average Bonchev–Trinajstić information content (AvgIpc) is 3.67. The molecule has 1 N–H and O–H groups in total. The second kappa shape index (κ2) is 16.2. The molecule has 2 aliphatic heterocycles. The van der Waals surface area contributed by atoms with Crippen molar-refractivity contribution in [3.63, 3.8) is 0 Å². The monoisotopic (exact) mass is 692 g/mol. The Labute approximate surface area is 284 Å². The molecule has 2 saturated heterocycles. The van der Waals surface area contributed by atoms with Crippen LogP contribution in [-0.4, -0.2) is 70.8 Å². The fourth-order valence-electron chi connectivity index (χ4n) is 5.77. The molecule has 0 spiro atoms. The topological polar surface area (TPSA) is 113 Å². The van der Waals surface area contributed by atoms with Crippen molar-refractivity contribution in [1.29, 1.82) is 0 Å². The Morgan fingerprint density at radius 1 is 0.680 bits per heavy atom. The molecule has 0 bridgehead atoms. The number of rotatable bonds is 9. The normalized spacial score (nSPS) is 17.5. The summed E-state index contributed by atoms with van der Waals surface area (Å²) in [7, 11) is 0. The SMILES string of the molecule is O=C(Cc1cccc(F)c1F)N1C(=O)OC[C@H]1Cc1ccccc1.O=C1OC[C@@H](Cc2ccccc2)N1C(=O)[C@H](CO)c1cccc(F)c1F. The first-order valence-electron chi connectivity index (χ1n) is 15.6. The highest BCUT2D eigenvalue weighted by Crippen LogP contribution is 2.27. The van der Waals surface area contributed by atoms with Crippen molar-refractivity contribution in [2.45, 2.75) is 37.3 Å². The Morgan fingerprint density at radius 3 is 1.74 bits per heavy atom. The molecule has 2 heterocycles. The Bertz CT molecular complexity index is 1840. The van der Waals surface area contributed by atoms with Gasteiger partial charge in [-0.25, -0.2) is 37.0 Å². The number of imide groups is 2. The van der Waals surface area contributed by atoms with Crippen LogP contribution in [-0.2, 0) is 38.3 Å². The fraction of sp³-hybridized carbons (Fsp3) is 0.243.